The molecule has 1 aromatic heterocycles. The molecule has 0 saturated carbocycles. The predicted octanol–water partition coefficient (Wildman–Crippen LogP) is 1.93. The Bertz CT molecular complexity index is 872. The first-order valence-electron chi connectivity index (χ1n) is 9.46. The Hall–Kier alpha value is -3.03. The molecular weight excluding hydrogens is 362 g/mol. The number of hydrogen-bond donors (Lipinski definition) is 1. The largest absolute Gasteiger partial charge is 0.482 e. The highest BCUT2D eigenvalue weighted by molar-refractivity contribution is 5.92. The van der Waals surface area contributed by atoms with Gasteiger partial charge in [-0.25, -0.2) is 0 Å². The van der Waals surface area contributed by atoms with Gasteiger partial charge in [-0.2, -0.15) is 0 Å². The van der Waals surface area contributed by atoms with Crippen molar-refractivity contribution in [3.8, 4) is 11.5 Å². The number of fused-ring (bicyclic) bond motifs is 1. The van der Waals surface area contributed by atoms with E-state index in [4.69, 9.17) is 14.0 Å². The number of rotatable bonds is 3. The van der Waals surface area contributed by atoms with Crippen molar-refractivity contribution in [2.45, 2.75) is 44.9 Å². The quantitative estimate of drug-likeness (QED) is 0.868. The van der Waals surface area contributed by atoms with Crippen LogP contribution >= 0.6 is 0 Å². The number of para-hydroxylation sites is 2. The normalized spacial score (nSPS) is 22.0. The highest BCUT2D eigenvalue weighted by Gasteiger charge is 2.38. The number of nitrogens with one attached hydrogen (secondary N) is 1. The summed E-state index contributed by atoms with van der Waals surface area (Å²) in [5, 5.41) is 6.68. The van der Waals surface area contributed by atoms with Crippen molar-refractivity contribution in [2.24, 2.45) is 0 Å². The number of ether oxygens (including phenoxy) is 2. The third-order valence-corrected chi connectivity index (χ3v) is 5.09. The molecule has 3 heterocycles. The Morgan fingerprint density at radius 3 is 2.46 bits per heavy atom. The minimum Gasteiger partial charge on any atom is -0.482 e. The maximum Gasteiger partial charge on any atom is 0.273 e. The molecule has 1 fully saturated rings. The Morgan fingerprint density at radius 2 is 1.82 bits per heavy atom. The molecule has 0 radical (unpaired) electrons. The Morgan fingerprint density at radius 1 is 1.14 bits per heavy atom. The molecule has 148 valence electrons. The van der Waals surface area contributed by atoms with Gasteiger partial charge in [0.05, 0.1) is 0 Å². The van der Waals surface area contributed by atoms with Crippen LogP contribution in [0.1, 0.15) is 36.0 Å². The van der Waals surface area contributed by atoms with Gasteiger partial charge in [0.25, 0.3) is 11.8 Å². The van der Waals surface area contributed by atoms with Crippen molar-refractivity contribution >= 4 is 11.8 Å². The third-order valence-electron chi connectivity index (χ3n) is 5.09. The summed E-state index contributed by atoms with van der Waals surface area (Å²) >= 11 is 0. The van der Waals surface area contributed by atoms with Crippen LogP contribution in [0.3, 0.4) is 0 Å². The van der Waals surface area contributed by atoms with E-state index in [-0.39, 0.29) is 29.7 Å². The van der Waals surface area contributed by atoms with Crippen LogP contribution in [0, 0.1) is 6.92 Å². The maximum absolute atomic E-state index is 12.9. The lowest BCUT2D eigenvalue weighted by Crippen LogP contribution is -2.54. The van der Waals surface area contributed by atoms with Crippen LogP contribution in [0.5, 0.6) is 11.5 Å². The molecule has 28 heavy (non-hydrogen) atoms. The number of likely N-dealkylation sites (tertiary alicyclic amines) is 1. The molecule has 8 heteroatoms. The number of benzene rings is 1. The highest BCUT2D eigenvalue weighted by Crippen LogP contribution is 2.34. The topological polar surface area (TPSA) is 93.9 Å². The summed E-state index contributed by atoms with van der Waals surface area (Å²) in [5.74, 6) is 1.50. The van der Waals surface area contributed by atoms with E-state index < -0.39 is 6.10 Å². The van der Waals surface area contributed by atoms with E-state index in [1.807, 2.05) is 25.1 Å². The van der Waals surface area contributed by atoms with Gasteiger partial charge < -0.3 is 24.2 Å². The van der Waals surface area contributed by atoms with Crippen molar-refractivity contribution in [3.63, 3.8) is 0 Å². The number of aryl methyl sites for hydroxylation is 1. The van der Waals surface area contributed by atoms with E-state index in [9.17, 15) is 9.59 Å². The second-order valence-corrected chi connectivity index (χ2v) is 7.20. The molecule has 2 aliphatic heterocycles. The minimum atomic E-state index is -0.667. The van der Waals surface area contributed by atoms with Crippen molar-refractivity contribution < 1.29 is 23.6 Å². The average Bonchev–Trinajstić information content (AvgIpc) is 3.14. The van der Waals surface area contributed by atoms with Crippen LogP contribution in [0.15, 0.2) is 34.9 Å². The fourth-order valence-corrected chi connectivity index (χ4v) is 3.55. The van der Waals surface area contributed by atoms with Gasteiger partial charge in [-0.05, 0) is 38.8 Å². The van der Waals surface area contributed by atoms with E-state index in [1.165, 1.54) is 0 Å². The molecule has 2 amide bonds. The molecule has 2 aliphatic rings. The number of carbonyl (C=O) groups excluding carboxylic acids is 2. The summed E-state index contributed by atoms with van der Waals surface area (Å²) in [5.41, 5.74) is 0.274. The van der Waals surface area contributed by atoms with Crippen LogP contribution in [0.4, 0.5) is 0 Å². The zero-order valence-electron chi connectivity index (χ0n) is 15.9. The van der Waals surface area contributed by atoms with Crippen LogP contribution in [0.2, 0.25) is 0 Å². The van der Waals surface area contributed by atoms with Crippen molar-refractivity contribution in [3.05, 3.63) is 41.8 Å². The van der Waals surface area contributed by atoms with Gasteiger partial charge in [0.15, 0.2) is 17.2 Å². The van der Waals surface area contributed by atoms with E-state index >= 15 is 0 Å². The molecule has 1 N–H and O–H groups in total. The van der Waals surface area contributed by atoms with Gasteiger partial charge in [0.1, 0.15) is 11.9 Å². The van der Waals surface area contributed by atoms with Crippen LogP contribution in [-0.2, 0) is 4.79 Å². The zero-order chi connectivity index (χ0) is 19.7. The lowest BCUT2D eigenvalue weighted by atomic mass is 10.0. The first-order valence-corrected chi connectivity index (χ1v) is 9.46. The molecule has 2 aromatic rings. The average molecular weight is 385 g/mol. The molecular formula is C20H23N3O5. The van der Waals surface area contributed by atoms with Crippen molar-refractivity contribution in [1.29, 1.82) is 0 Å². The van der Waals surface area contributed by atoms with Gasteiger partial charge in [-0.15, -0.1) is 0 Å². The number of amides is 2. The van der Waals surface area contributed by atoms with Gasteiger partial charge >= 0.3 is 0 Å². The van der Waals surface area contributed by atoms with Gasteiger partial charge in [0.2, 0.25) is 6.10 Å². The summed E-state index contributed by atoms with van der Waals surface area (Å²) in [4.78, 5) is 26.9. The maximum atomic E-state index is 12.9. The second-order valence-electron chi connectivity index (χ2n) is 7.20. The molecule has 0 spiro atoms. The number of nitrogens with zero attached hydrogens (tertiary/aromatic N) is 2. The molecule has 8 nitrogen and oxygen atoms in total. The number of piperidine rings is 1. The van der Waals surface area contributed by atoms with Crippen LogP contribution in [-0.4, -0.2) is 53.2 Å². The van der Waals surface area contributed by atoms with Crippen LogP contribution in [0.25, 0.3) is 0 Å². The summed E-state index contributed by atoms with van der Waals surface area (Å²) in [6.07, 6.45) is 0.314. The monoisotopic (exact) mass is 385 g/mol. The van der Waals surface area contributed by atoms with E-state index in [0.717, 1.165) is 0 Å². The predicted molar refractivity (Wildman–Crippen MR) is 99.3 cm³/mol. The van der Waals surface area contributed by atoms with Gasteiger partial charge in [0, 0.05) is 25.2 Å². The van der Waals surface area contributed by atoms with Gasteiger partial charge in [-0.1, -0.05) is 17.3 Å². The molecule has 2 unspecified atom stereocenters. The number of aromatic nitrogens is 1. The lowest BCUT2D eigenvalue weighted by molar-refractivity contribution is -0.145. The summed E-state index contributed by atoms with van der Waals surface area (Å²) in [6, 6.07) is 8.95. The first kappa shape index (κ1) is 18.3. The Balaban J connectivity index is 1.32. The van der Waals surface area contributed by atoms with E-state index in [0.29, 0.717) is 43.2 Å². The number of hydrogen-bond acceptors (Lipinski definition) is 6. The van der Waals surface area contributed by atoms with Crippen molar-refractivity contribution in [2.75, 3.05) is 13.1 Å². The minimum absolute atomic E-state index is 0.00442. The van der Waals surface area contributed by atoms with E-state index in [2.05, 4.69) is 10.5 Å². The lowest BCUT2D eigenvalue weighted by Gasteiger charge is -2.37. The molecule has 1 saturated heterocycles. The fourth-order valence-electron chi connectivity index (χ4n) is 3.55. The first-order chi connectivity index (χ1) is 13.5. The molecule has 0 aliphatic carbocycles. The van der Waals surface area contributed by atoms with Crippen molar-refractivity contribution in [1.82, 2.24) is 15.4 Å². The standard InChI is InChI=1S/C20H23N3O5/c1-12-11-15(22-28-12)19(24)21-14-7-9-23(10-8-14)20(25)18-13(2)26-16-5-3-4-6-17(16)27-18/h3-6,11,13-14,18H,7-10H2,1-2H3,(H,21,24). The summed E-state index contributed by atoms with van der Waals surface area (Å²) in [6.45, 7) is 4.68. The Kier molecular flexibility index (Phi) is 4.93. The molecule has 2 atom stereocenters. The zero-order valence-corrected chi connectivity index (χ0v) is 15.9. The fraction of sp³-hybridized carbons (Fsp3) is 0.450. The molecule has 1 aromatic carbocycles. The molecule has 4 rings (SSSR count). The smallest absolute Gasteiger partial charge is 0.273 e. The Labute approximate surface area is 162 Å². The third kappa shape index (κ3) is 3.67. The number of carbonyl (C=O) groups is 2. The second kappa shape index (κ2) is 7.53. The van der Waals surface area contributed by atoms with Crippen LogP contribution < -0.4 is 14.8 Å². The van der Waals surface area contributed by atoms with Gasteiger partial charge in [-0.3, -0.25) is 9.59 Å². The molecule has 0 bridgehead atoms. The summed E-state index contributed by atoms with van der Waals surface area (Å²) in [7, 11) is 0. The summed E-state index contributed by atoms with van der Waals surface area (Å²) < 4.78 is 16.7. The van der Waals surface area contributed by atoms with E-state index in [1.54, 1.807) is 24.0 Å². The highest BCUT2D eigenvalue weighted by atomic mass is 16.6. The SMILES string of the molecule is Cc1cc(C(=O)NC2CCN(C(=O)C3Oc4ccccc4OC3C)CC2)no1.